The predicted molar refractivity (Wildman–Crippen MR) is 131 cm³/mol. The van der Waals surface area contributed by atoms with Gasteiger partial charge in [-0.05, 0) is 69.9 Å². The Balaban J connectivity index is 1.88. The zero-order chi connectivity index (χ0) is 24.2. The smallest absolute Gasteiger partial charge is 0.419 e. The van der Waals surface area contributed by atoms with Crippen LogP contribution in [-0.4, -0.2) is 35.4 Å². The minimum absolute atomic E-state index is 0.154. The highest BCUT2D eigenvalue weighted by atomic mass is 16.6. The maximum atomic E-state index is 12.9. The van der Waals surface area contributed by atoms with Gasteiger partial charge in [0.1, 0.15) is 11.3 Å². The number of hydrogen-bond acceptors (Lipinski definition) is 5. The van der Waals surface area contributed by atoms with Crippen molar-refractivity contribution in [3.05, 3.63) is 71.4 Å². The molecule has 0 radical (unpaired) electrons. The molecule has 2 atom stereocenters. The fraction of sp³-hybridized carbons (Fsp3) is 0.407. The van der Waals surface area contributed by atoms with Crippen LogP contribution in [0.1, 0.15) is 68.7 Å². The number of nitrogens with zero attached hydrogens (tertiary/aromatic N) is 1. The van der Waals surface area contributed by atoms with Crippen LogP contribution in [0.4, 0.5) is 4.79 Å². The monoisotopic (exact) mass is 450 g/mol. The van der Waals surface area contributed by atoms with Crippen LogP contribution >= 0.6 is 0 Å². The number of esters is 1. The Morgan fingerprint density at radius 1 is 1.06 bits per heavy atom. The molecule has 3 aromatic rings. The van der Waals surface area contributed by atoms with E-state index >= 15 is 0 Å². The number of carbonyl (C=O) groups is 2. The molecule has 6 heteroatoms. The molecule has 0 aliphatic rings. The standard InChI is InChI=1S/C27H34N2O4/c1-7-22(28-18(2)20-11-9-8-10-12-20)16-19-13-14-23-21(15-19)17-24(25(30)32-6)29(23)26(31)33-27(3,4)5/h8-15,17-18,22,28H,7,16H2,1-6H3. The van der Waals surface area contributed by atoms with Gasteiger partial charge in [-0.1, -0.05) is 43.3 Å². The van der Waals surface area contributed by atoms with Crippen molar-refractivity contribution in [2.45, 2.75) is 65.1 Å². The summed E-state index contributed by atoms with van der Waals surface area (Å²) in [6.45, 7) is 9.72. The molecule has 0 bridgehead atoms. The van der Waals surface area contributed by atoms with E-state index in [-0.39, 0.29) is 17.8 Å². The van der Waals surface area contributed by atoms with Gasteiger partial charge in [-0.25, -0.2) is 14.2 Å². The van der Waals surface area contributed by atoms with Gasteiger partial charge in [0.2, 0.25) is 0 Å². The lowest BCUT2D eigenvalue weighted by atomic mass is 10.0. The topological polar surface area (TPSA) is 69.6 Å². The van der Waals surface area contributed by atoms with Gasteiger partial charge < -0.3 is 14.8 Å². The minimum Gasteiger partial charge on any atom is -0.464 e. The predicted octanol–water partition coefficient (Wildman–Crippen LogP) is 5.88. The molecule has 0 aliphatic heterocycles. The lowest BCUT2D eigenvalue weighted by Gasteiger charge is -2.23. The minimum atomic E-state index is -0.684. The molecule has 1 aromatic heterocycles. The molecular formula is C27H34N2O4. The van der Waals surface area contributed by atoms with Crippen LogP contribution in [0.25, 0.3) is 10.9 Å². The first-order valence-corrected chi connectivity index (χ1v) is 11.4. The zero-order valence-corrected chi connectivity index (χ0v) is 20.3. The zero-order valence-electron chi connectivity index (χ0n) is 20.3. The summed E-state index contributed by atoms with van der Waals surface area (Å²) >= 11 is 0. The molecular weight excluding hydrogens is 416 g/mol. The van der Waals surface area contributed by atoms with E-state index in [1.807, 2.05) is 24.3 Å². The van der Waals surface area contributed by atoms with E-state index in [1.165, 1.54) is 17.2 Å². The van der Waals surface area contributed by atoms with Gasteiger partial charge in [0, 0.05) is 17.5 Å². The summed E-state index contributed by atoms with van der Waals surface area (Å²) in [7, 11) is 1.30. The molecule has 3 rings (SSSR count). The molecule has 33 heavy (non-hydrogen) atoms. The lowest BCUT2D eigenvalue weighted by Crippen LogP contribution is -2.32. The summed E-state index contributed by atoms with van der Waals surface area (Å²) in [6.07, 6.45) is 1.20. The Hall–Kier alpha value is -3.12. The van der Waals surface area contributed by atoms with E-state index in [4.69, 9.17) is 9.47 Å². The molecule has 0 amide bonds. The third kappa shape index (κ3) is 6.02. The normalized spacial score (nSPS) is 13.5. The molecule has 1 heterocycles. The summed E-state index contributed by atoms with van der Waals surface area (Å²) in [6, 6.07) is 18.5. The van der Waals surface area contributed by atoms with Gasteiger partial charge in [-0.3, -0.25) is 0 Å². The first-order valence-electron chi connectivity index (χ1n) is 11.4. The summed E-state index contributed by atoms with van der Waals surface area (Å²) < 4.78 is 11.7. The fourth-order valence-corrected chi connectivity index (χ4v) is 3.95. The second-order valence-electron chi connectivity index (χ2n) is 9.34. The number of rotatable bonds is 7. The number of hydrogen-bond donors (Lipinski definition) is 1. The van der Waals surface area contributed by atoms with Crippen molar-refractivity contribution in [3.8, 4) is 0 Å². The molecule has 0 saturated carbocycles. The van der Waals surface area contributed by atoms with Crippen molar-refractivity contribution < 1.29 is 19.1 Å². The van der Waals surface area contributed by atoms with Gasteiger partial charge in [-0.15, -0.1) is 0 Å². The number of aromatic nitrogens is 1. The fourth-order valence-electron chi connectivity index (χ4n) is 3.95. The first-order chi connectivity index (χ1) is 15.6. The van der Waals surface area contributed by atoms with E-state index in [0.29, 0.717) is 5.52 Å². The third-order valence-electron chi connectivity index (χ3n) is 5.60. The average molecular weight is 451 g/mol. The Morgan fingerprint density at radius 3 is 2.36 bits per heavy atom. The Bertz CT molecular complexity index is 1110. The number of nitrogens with one attached hydrogen (secondary N) is 1. The highest BCUT2D eigenvalue weighted by Crippen LogP contribution is 2.25. The van der Waals surface area contributed by atoms with Crippen LogP contribution in [0.5, 0.6) is 0 Å². The molecule has 176 valence electrons. The molecule has 2 unspecified atom stereocenters. The van der Waals surface area contributed by atoms with Crippen molar-refractivity contribution in [1.29, 1.82) is 0 Å². The van der Waals surface area contributed by atoms with Crippen molar-refractivity contribution in [1.82, 2.24) is 9.88 Å². The van der Waals surface area contributed by atoms with Gasteiger partial charge in [-0.2, -0.15) is 0 Å². The van der Waals surface area contributed by atoms with Crippen LogP contribution in [-0.2, 0) is 15.9 Å². The van der Waals surface area contributed by atoms with Crippen molar-refractivity contribution in [2.75, 3.05) is 7.11 Å². The van der Waals surface area contributed by atoms with Gasteiger partial charge in [0.25, 0.3) is 0 Å². The second kappa shape index (κ2) is 10.2. The largest absolute Gasteiger partial charge is 0.464 e. The van der Waals surface area contributed by atoms with Crippen molar-refractivity contribution in [3.63, 3.8) is 0 Å². The number of fused-ring (bicyclic) bond motifs is 1. The van der Waals surface area contributed by atoms with Gasteiger partial charge in [0.05, 0.1) is 12.6 Å². The number of benzene rings is 2. The Morgan fingerprint density at radius 2 is 1.76 bits per heavy atom. The highest BCUT2D eigenvalue weighted by molar-refractivity contribution is 6.01. The number of ether oxygens (including phenoxy) is 2. The lowest BCUT2D eigenvalue weighted by molar-refractivity contribution is 0.0489. The van der Waals surface area contributed by atoms with Gasteiger partial charge in [0.15, 0.2) is 0 Å². The van der Waals surface area contributed by atoms with E-state index in [0.717, 1.165) is 23.8 Å². The molecule has 0 aliphatic carbocycles. The molecule has 2 aromatic carbocycles. The number of carbonyl (C=O) groups excluding carboxylic acids is 2. The summed E-state index contributed by atoms with van der Waals surface area (Å²) in [5.41, 5.74) is 2.47. The summed E-state index contributed by atoms with van der Waals surface area (Å²) in [5.74, 6) is -0.580. The van der Waals surface area contributed by atoms with Gasteiger partial charge >= 0.3 is 12.1 Å². The van der Waals surface area contributed by atoms with Crippen LogP contribution < -0.4 is 5.32 Å². The van der Waals surface area contributed by atoms with Crippen LogP contribution in [0.2, 0.25) is 0 Å². The van der Waals surface area contributed by atoms with Crippen LogP contribution in [0, 0.1) is 0 Å². The van der Waals surface area contributed by atoms with Crippen LogP contribution in [0.15, 0.2) is 54.6 Å². The molecule has 0 spiro atoms. The van der Waals surface area contributed by atoms with Crippen molar-refractivity contribution >= 4 is 23.0 Å². The van der Waals surface area contributed by atoms with E-state index < -0.39 is 17.7 Å². The van der Waals surface area contributed by atoms with E-state index in [1.54, 1.807) is 26.8 Å². The molecule has 0 fully saturated rings. The van der Waals surface area contributed by atoms with Crippen molar-refractivity contribution in [2.24, 2.45) is 0 Å². The highest BCUT2D eigenvalue weighted by Gasteiger charge is 2.25. The van der Waals surface area contributed by atoms with E-state index in [2.05, 4.69) is 43.4 Å². The molecule has 1 N–H and O–H groups in total. The SMILES string of the molecule is CCC(Cc1ccc2c(c1)cc(C(=O)OC)n2C(=O)OC(C)(C)C)NC(C)c1ccccc1. The third-order valence-corrected chi connectivity index (χ3v) is 5.60. The molecule has 6 nitrogen and oxygen atoms in total. The Labute approximate surface area is 195 Å². The first kappa shape index (κ1) is 24.5. The summed E-state index contributed by atoms with van der Waals surface area (Å²) in [4.78, 5) is 25.2. The quantitative estimate of drug-likeness (QED) is 0.455. The maximum absolute atomic E-state index is 12.9. The summed E-state index contributed by atoms with van der Waals surface area (Å²) in [5, 5.41) is 4.51. The maximum Gasteiger partial charge on any atom is 0.419 e. The Kier molecular flexibility index (Phi) is 7.59. The van der Waals surface area contributed by atoms with Crippen LogP contribution in [0.3, 0.4) is 0 Å². The molecule has 0 saturated heterocycles. The number of methoxy groups -OCH3 is 1. The van der Waals surface area contributed by atoms with E-state index in [9.17, 15) is 9.59 Å². The average Bonchev–Trinajstić information content (AvgIpc) is 3.16. The second-order valence-corrected chi connectivity index (χ2v) is 9.34.